The van der Waals surface area contributed by atoms with Crippen molar-refractivity contribution in [3.8, 4) is 11.1 Å². The highest BCUT2D eigenvalue weighted by Gasteiger charge is 2.23. The molecule has 2 heterocycles. The van der Waals surface area contributed by atoms with Gasteiger partial charge < -0.3 is 10.4 Å². The van der Waals surface area contributed by atoms with E-state index < -0.39 is 5.97 Å². The Morgan fingerprint density at radius 1 is 1.24 bits per heavy atom. The minimum Gasteiger partial charge on any atom is -0.478 e. The number of hydrogen-bond donors (Lipinski definition) is 2. The van der Waals surface area contributed by atoms with E-state index in [0.717, 1.165) is 31.5 Å². The normalized spacial score (nSPS) is 15.9. The number of benzene rings is 1. The lowest BCUT2D eigenvalue weighted by Gasteiger charge is -2.29. The van der Waals surface area contributed by atoms with E-state index in [4.69, 9.17) is 0 Å². The minimum absolute atomic E-state index is 0.154. The maximum atomic E-state index is 12.3. The van der Waals surface area contributed by atoms with E-state index in [2.05, 4.69) is 17.1 Å². The molecule has 0 radical (unpaired) electrons. The Labute approximate surface area is 151 Å². The number of anilines is 1. The zero-order valence-electron chi connectivity index (χ0n) is 14.2. The summed E-state index contributed by atoms with van der Waals surface area (Å²) in [7, 11) is 0. The Morgan fingerprint density at radius 3 is 2.56 bits per heavy atom. The summed E-state index contributed by atoms with van der Waals surface area (Å²) in [5, 5.41) is 14.6. The highest BCUT2D eigenvalue weighted by atomic mass is 32.1. The largest absolute Gasteiger partial charge is 0.478 e. The zero-order chi connectivity index (χ0) is 17.8. The molecule has 0 unspecified atom stereocenters. The van der Waals surface area contributed by atoms with Crippen molar-refractivity contribution in [1.82, 2.24) is 4.90 Å². The van der Waals surface area contributed by atoms with Crippen LogP contribution in [0.1, 0.15) is 30.1 Å². The highest BCUT2D eigenvalue weighted by Crippen LogP contribution is 2.35. The molecule has 1 aliphatic heterocycles. The average Bonchev–Trinajstić information content (AvgIpc) is 3.01. The standard InChI is InChI=1S/C19H22N2O3S/c1-13-7-9-21(10-8-13)11-16(22)20-18-17(19(23)24)15(12-25-18)14-5-3-2-4-6-14/h2-6,12-13H,7-11H2,1H3,(H,20,22)(H,23,24). The number of nitrogens with one attached hydrogen (secondary N) is 1. The molecular formula is C19H22N2O3S. The summed E-state index contributed by atoms with van der Waals surface area (Å²) in [6.45, 7) is 4.37. The van der Waals surface area contributed by atoms with Crippen molar-refractivity contribution >= 4 is 28.2 Å². The monoisotopic (exact) mass is 358 g/mol. The fourth-order valence-electron chi connectivity index (χ4n) is 3.08. The van der Waals surface area contributed by atoms with Gasteiger partial charge in [-0.15, -0.1) is 11.3 Å². The van der Waals surface area contributed by atoms with E-state index >= 15 is 0 Å². The number of carbonyl (C=O) groups excluding carboxylic acids is 1. The molecule has 2 N–H and O–H groups in total. The van der Waals surface area contributed by atoms with Crippen molar-refractivity contribution in [2.45, 2.75) is 19.8 Å². The number of nitrogens with zero attached hydrogens (tertiary/aromatic N) is 1. The van der Waals surface area contributed by atoms with E-state index in [1.54, 1.807) is 5.38 Å². The minimum atomic E-state index is -1.03. The molecule has 5 nitrogen and oxygen atoms in total. The SMILES string of the molecule is CC1CCN(CC(=O)Nc2scc(-c3ccccc3)c2C(=O)O)CC1. The van der Waals surface area contributed by atoms with Crippen LogP contribution in [0.15, 0.2) is 35.7 Å². The molecule has 132 valence electrons. The van der Waals surface area contributed by atoms with Gasteiger partial charge in [0.15, 0.2) is 0 Å². The number of carbonyl (C=O) groups is 2. The number of piperidine rings is 1. The maximum absolute atomic E-state index is 12.3. The number of hydrogen-bond acceptors (Lipinski definition) is 4. The second kappa shape index (κ2) is 7.80. The summed E-state index contributed by atoms with van der Waals surface area (Å²) in [6.07, 6.45) is 2.20. The van der Waals surface area contributed by atoms with Gasteiger partial charge in [-0.05, 0) is 37.4 Å². The van der Waals surface area contributed by atoms with Gasteiger partial charge in [-0.25, -0.2) is 4.79 Å². The summed E-state index contributed by atoms with van der Waals surface area (Å²) in [6, 6.07) is 9.37. The van der Waals surface area contributed by atoms with Crippen LogP contribution in [-0.4, -0.2) is 41.5 Å². The van der Waals surface area contributed by atoms with E-state index in [9.17, 15) is 14.7 Å². The molecule has 1 aliphatic rings. The van der Waals surface area contributed by atoms with Crippen LogP contribution in [0.3, 0.4) is 0 Å². The Bertz CT molecular complexity index is 749. The van der Waals surface area contributed by atoms with Gasteiger partial charge in [-0.1, -0.05) is 37.3 Å². The van der Waals surface area contributed by atoms with Crippen LogP contribution in [0.4, 0.5) is 5.00 Å². The van der Waals surface area contributed by atoms with Gasteiger partial charge in [0, 0.05) is 10.9 Å². The highest BCUT2D eigenvalue weighted by molar-refractivity contribution is 7.15. The third-order valence-corrected chi connectivity index (χ3v) is 5.48. The van der Waals surface area contributed by atoms with Gasteiger partial charge in [0.05, 0.1) is 6.54 Å². The van der Waals surface area contributed by atoms with Gasteiger partial charge >= 0.3 is 5.97 Å². The lowest BCUT2D eigenvalue weighted by atomic mass is 9.99. The summed E-state index contributed by atoms with van der Waals surface area (Å²) in [5.41, 5.74) is 1.64. The summed E-state index contributed by atoms with van der Waals surface area (Å²) >= 11 is 1.26. The molecule has 2 aromatic rings. The molecule has 3 rings (SSSR count). The van der Waals surface area contributed by atoms with Crippen LogP contribution in [0, 0.1) is 5.92 Å². The quantitative estimate of drug-likeness (QED) is 0.853. The first-order chi connectivity index (χ1) is 12.0. The van der Waals surface area contributed by atoms with Gasteiger partial charge in [0.1, 0.15) is 10.6 Å². The van der Waals surface area contributed by atoms with Crippen molar-refractivity contribution in [3.63, 3.8) is 0 Å². The molecule has 0 spiro atoms. The number of aromatic carboxylic acids is 1. The topological polar surface area (TPSA) is 69.6 Å². The van der Waals surface area contributed by atoms with Gasteiger partial charge in [0.25, 0.3) is 0 Å². The number of amides is 1. The molecule has 25 heavy (non-hydrogen) atoms. The fourth-order valence-corrected chi connectivity index (χ4v) is 4.06. The van der Waals surface area contributed by atoms with E-state index in [0.29, 0.717) is 23.0 Å². The van der Waals surface area contributed by atoms with E-state index in [1.807, 2.05) is 30.3 Å². The van der Waals surface area contributed by atoms with Crippen LogP contribution < -0.4 is 5.32 Å². The zero-order valence-corrected chi connectivity index (χ0v) is 15.0. The molecule has 1 fully saturated rings. The Kier molecular flexibility index (Phi) is 5.50. The molecule has 6 heteroatoms. The third-order valence-electron chi connectivity index (χ3n) is 4.59. The summed E-state index contributed by atoms with van der Waals surface area (Å²) < 4.78 is 0. The van der Waals surface area contributed by atoms with Crippen LogP contribution in [0.2, 0.25) is 0 Å². The molecule has 1 saturated heterocycles. The smallest absolute Gasteiger partial charge is 0.339 e. The number of carboxylic acid groups (broad SMARTS) is 1. The molecular weight excluding hydrogens is 336 g/mol. The first kappa shape index (κ1) is 17.6. The molecule has 0 aliphatic carbocycles. The van der Waals surface area contributed by atoms with E-state index in [-0.39, 0.29) is 11.5 Å². The fraction of sp³-hybridized carbons (Fsp3) is 0.368. The Balaban J connectivity index is 1.73. The first-order valence-electron chi connectivity index (χ1n) is 8.47. The molecule has 0 bridgehead atoms. The second-order valence-corrected chi connectivity index (χ2v) is 7.41. The van der Waals surface area contributed by atoms with Crippen LogP contribution in [0.25, 0.3) is 11.1 Å². The first-order valence-corrected chi connectivity index (χ1v) is 9.35. The second-order valence-electron chi connectivity index (χ2n) is 6.53. The number of rotatable bonds is 5. The average molecular weight is 358 g/mol. The van der Waals surface area contributed by atoms with Crippen molar-refractivity contribution in [2.24, 2.45) is 5.92 Å². The summed E-state index contributed by atoms with van der Waals surface area (Å²) in [4.78, 5) is 26.2. The molecule has 1 aromatic heterocycles. The lowest BCUT2D eigenvalue weighted by Crippen LogP contribution is -2.38. The third kappa shape index (κ3) is 4.27. The van der Waals surface area contributed by atoms with Gasteiger partial charge in [0.2, 0.25) is 5.91 Å². The van der Waals surface area contributed by atoms with Crippen LogP contribution in [0.5, 0.6) is 0 Å². The number of thiophene rings is 1. The Hall–Kier alpha value is -2.18. The lowest BCUT2D eigenvalue weighted by molar-refractivity contribution is -0.117. The molecule has 1 amide bonds. The van der Waals surface area contributed by atoms with Crippen molar-refractivity contribution in [1.29, 1.82) is 0 Å². The Morgan fingerprint density at radius 2 is 1.92 bits per heavy atom. The van der Waals surface area contributed by atoms with Crippen molar-refractivity contribution in [2.75, 3.05) is 25.0 Å². The number of carboxylic acids is 1. The van der Waals surface area contributed by atoms with Crippen molar-refractivity contribution < 1.29 is 14.7 Å². The molecule has 0 atom stereocenters. The predicted octanol–water partition coefficient (Wildman–Crippen LogP) is 3.78. The van der Waals surface area contributed by atoms with Crippen LogP contribution >= 0.6 is 11.3 Å². The summed E-state index contributed by atoms with van der Waals surface area (Å²) in [5.74, 6) is -0.468. The van der Waals surface area contributed by atoms with E-state index in [1.165, 1.54) is 11.3 Å². The van der Waals surface area contributed by atoms with Crippen LogP contribution in [-0.2, 0) is 4.79 Å². The maximum Gasteiger partial charge on any atom is 0.339 e. The molecule has 1 aromatic carbocycles. The predicted molar refractivity (Wildman–Crippen MR) is 100 cm³/mol. The van der Waals surface area contributed by atoms with Gasteiger partial charge in [-0.3, -0.25) is 9.69 Å². The number of likely N-dealkylation sites (tertiary alicyclic amines) is 1. The van der Waals surface area contributed by atoms with Gasteiger partial charge in [-0.2, -0.15) is 0 Å². The van der Waals surface area contributed by atoms with Crippen molar-refractivity contribution in [3.05, 3.63) is 41.3 Å². The molecule has 0 saturated carbocycles.